The number of amides is 1. The zero-order valence-corrected chi connectivity index (χ0v) is 7.78. The molecular weight excluding hydrogens is 164 g/mol. The van der Waals surface area contributed by atoms with Crippen molar-refractivity contribution in [2.75, 3.05) is 19.6 Å². The van der Waals surface area contributed by atoms with Gasteiger partial charge in [-0.3, -0.25) is 9.80 Å². The summed E-state index contributed by atoms with van der Waals surface area (Å²) in [5.74, 6) is 0. The van der Waals surface area contributed by atoms with E-state index in [-0.39, 0.29) is 0 Å². The summed E-state index contributed by atoms with van der Waals surface area (Å²) in [5.41, 5.74) is 0. The van der Waals surface area contributed by atoms with Gasteiger partial charge in [-0.2, -0.15) is 0 Å². The summed E-state index contributed by atoms with van der Waals surface area (Å²) in [6.45, 7) is 12.4. The molecule has 0 aliphatic rings. The lowest BCUT2D eigenvalue weighted by atomic mass is 10.5. The van der Waals surface area contributed by atoms with Crippen LogP contribution in [0.5, 0.6) is 0 Å². The SMILES string of the molecule is C=CCN([C]=O)N(CC=C)CC=C. The van der Waals surface area contributed by atoms with Crippen LogP contribution < -0.4 is 0 Å². The summed E-state index contributed by atoms with van der Waals surface area (Å²) >= 11 is 0. The fourth-order valence-electron chi connectivity index (χ4n) is 0.902. The van der Waals surface area contributed by atoms with Gasteiger partial charge in [-0.25, -0.2) is 5.01 Å². The van der Waals surface area contributed by atoms with Crippen LogP contribution in [0.3, 0.4) is 0 Å². The third kappa shape index (κ3) is 4.28. The molecule has 0 rings (SSSR count). The van der Waals surface area contributed by atoms with E-state index in [0.717, 1.165) is 0 Å². The Morgan fingerprint density at radius 2 is 1.46 bits per heavy atom. The Kier molecular flexibility index (Phi) is 6.55. The van der Waals surface area contributed by atoms with Gasteiger partial charge in [0, 0.05) is 13.1 Å². The lowest BCUT2D eigenvalue weighted by Crippen LogP contribution is -2.42. The molecule has 0 saturated carbocycles. The Hall–Kier alpha value is -1.35. The maximum absolute atomic E-state index is 10.5. The normalized spacial score (nSPS) is 9.31. The highest BCUT2D eigenvalue weighted by Gasteiger charge is 2.08. The van der Waals surface area contributed by atoms with E-state index in [1.54, 1.807) is 23.2 Å². The number of hydrogen-bond donors (Lipinski definition) is 0. The zero-order valence-electron chi connectivity index (χ0n) is 7.78. The van der Waals surface area contributed by atoms with E-state index in [9.17, 15) is 4.79 Å². The molecule has 13 heavy (non-hydrogen) atoms. The first-order valence-corrected chi connectivity index (χ1v) is 4.03. The van der Waals surface area contributed by atoms with E-state index >= 15 is 0 Å². The Morgan fingerprint density at radius 3 is 1.77 bits per heavy atom. The summed E-state index contributed by atoms with van der Waals surface area (Å²) in [6, 6.07) is 0. The van der Waals surface area contributed by atoms with Gasteiger partial charge in [0.2, 0.25) is 0 Å². The molecule has 0 spiro atoms. The highest BCUT2D eigenvalue weighted by atomic mass is 16.1. The van der Waals surface area contributed by atoms with Crippen molar-refractivity contribution in [2.24, 2.45) is 0 Å². The Bertz CT molecular complexity index is 179. The average molecular weight is 179 g/mol. The number of hydrazine groups is 1. The fourth-order valence-corrected chi connectivity index (χ4v) is 0.902. The van der Waals surface area contributed by atoms with Gasteiger partial charge >= 0.3 is 6.41 Å². The van der Waals surface area contributed by atoms with Crippen LogP contribution in [0.1, 0.15) is 0 Å². The van der Waals surface area contributed by atoms with E-state index in [2.05, 4.69) is 19.7 Å². The summed E-state index contributed by atoms with van der Waals surface area (Å²) in [4.78, 5) is 10.5. The van der Waals surface area contributed by atoms with Crippen LogP contribution in [-0.2, 0) is 4.79 Å². The largest absolute Gasteiger partial charge is 0.328 e. The molecule has 3 heteroatoms. The number of hydrogen-bond acceptors (Lipinski definition) is 2. The monoisotopic (exact) mass is 179 g/mol. The quantitative estimate of drug-likeness (QED) is 0.317. The first-order valence-electron chi connectivity index (χ1n) is 4.03. The minimum atomic E-state index is 0.450. The minimum absolute atomic E-state index is 0.450. The maximum atomic E-state index is 10.5. The molecule has 0 aromatic heterocycles. The maximum Gasteiger partial charge on any atom is 0.328 e. The molecule has 0 saturated heterocycles. The summed E-state index contributed by atoms with van der Waals surface area (Å²) in [5, 5.41) is 3.19. The van der Waals surface area contributed by atoms with E-state index in [1.165, 1.54) is 5.01 Å². The molecule has 3 nitrogen and oxygen atoms in total. The van der Waals surface area contributed by atoms with E-state index in [0.29, 0.717) is 19.6 Å². The molecule has 0 bridgehead atoms. The van der Waals surface area contributed by atoms with E-state index in [1.807, 2.05) is 6.41 Å². The van der Waals surface area contributed by atoms with Gasteiger partial charge in [0.25, 0.3) is 0 Å². The number of nitrogens with zero attached hydrogens (tertiary/aromatic N) is 2. The lowest BCUT2D eigenvalue weighted by Gasteiger charge is -2.28. The molecule has 0 fully saturated rings. The molecule has 0 aromatic carbocycles. The third-order valence-corrected chi connectivity index (χ3v) is 1.43. The first-order chi connectivity index (χ1) is 6.29. The van der Waals surface area contributed by atoms with Crippen LogP contribution in [0.25, 0.3) is 0 Å². The topological polar surface area (TPSA) is 23.6 Å². The predicted octanol–water partition coefficient (Wildman–Crippen LogP) is 1.13. The average Bonchev–Trinajstić information content (AvgIpc) is 2.14. The molecule has 0 unspecified atom stereocenters. The third-order valence-electron chi connectivity index (χ3n) is 1.43. The molecule has 1 amide bonds. The summed E-state index contributed by atoms with van der Waals surface area (Å²) in [6.07, 6.45) is 6.90. The molecule has 1 radical (unpaired) electrons. The Balaban J connectivity index is 4.25. The molecule has 71 valence electrons. The van der Waals surface area contributed by atoms with Gasteiger partial charge in [0.1, 0.15) is 0 Å². The van der Waals surface area contributed by atoms with Crippen molar-refractivity contribution in [1.29, 1.82) is 0 Å². The second-order valence-corrected chi connectivity index (χ2v) is 2.41. The highest BCUT2D eigenvalue weighted by molar-refractivity contribution is 5.47. The second kappa shape index (κ2) is 7.31. The van der Waals surface area contributed by atoms with E-state index < -0.39 is 0 Å². The first kappa shape index (κ1) is 11.6. The summed E-state index contributed by atoms with van der Waals surface area (Å²) < 4.78 is 0. The van der Waals surface area contributed by atoms with E-state index in [4.69, 9.17) is 0 Å². The highest BCUT2D eigenvalue weighted by Crippen LogP contribution is 1.95. The molecule has 0 aliphatic carbocycles. The van der Waals surface area contributed by atoms with Crippen molar-refractivity contribution < 1.29 is 4.79 Å². The smallest absolute Gasteiger partial charge is 0.263 e. The Labute approximate surface area is 79.6 Å². The van der Waals surface area contributed by atoms with Gasteiger partial charge < -0.3 is 0 Å². The molecule has 0 N–H and O–H groups in total. The molecule has 0 heterocycles. The van der Waals surface area contributed by atoms with Crippen LogP contribution >= 0.6 is 0 Å². The minimum Gasteiger partial charge on any atom is -0.263 e. The van der Waals surface area contributed by atoms with Crippen molar-refractivity contribution in [2.45, 2.75) is 0 Å². The molecule has 0 aromatic rings. The Morgan fingerprint density at radius 1 is 1.00 bits per heavy atom. The summed E-state index contributed by atoms with van der Waals surface area (Å²) in [7, 11) is 0. The predicted molar refractivity (Wildman–Crippen MR) is 54.6 cm³/mol. The second-order valence-electron chi connectivity index (χ2n) is 2.41. The molecular formula is C10H15N2O. The van der Waals surface area contributed by atoms with Crippen LogP contribution in [-0.4, -0.2) is 36.1 Å². The molecule has 0 aliphatic heterocycles. The van der Waals surface area contributed by atoms with Gasteiger partial charge in [0.05, 0.1) is 6.54 Å². The number of rotatable bonds is 8. The molecule has 0 atom stereocenters. The lowest BCUT2D eigenvalue weighted by molar-refractivity contribution is 0.0810. The van der Waals surface area contributed by atoms with Crippen molar-refractivity contribution in [1.82, 2.24) is 10.0 Å². The van der Waals surface area contributed by atoms with Crippen LogP contribution in [0.2, 0.25) is 0 Å². The fraction of sp³-hybridized carbons (Fsp3) is 0.300. The van der Waals surface area contributed by atoms with Crippen LogP contribution in [0, 0.1) is 0 Å². The van der Waals surface area contributed by atoms with Gasteiger partial charge in [0.15, 0.2) is 0 Å². The van der Waals surface area contributed by atoms with Crippen LogP contribution in [0.4, 0.5) is 0 Å². The van der Waals surface area contributed by atoms with Gasteiger partial charge in [-0.05, 0) is 0 Å². The van der Waals surface area contributed by atoms with Gasteiger partial charge in [-0.15, -0.1) is 19.7 Å². The van der Waals surface area contributed by atoms with Crippen LogP contribution in [0.15, 0.2) is 38.0 Å². The standard InChI is InChI=1S/C10H15N2O/c1-4-7-11(8-5-2)12(10-13)9-6-3/h4-6H,1-3,7-9H2. The van der Waals surface area contributed by atoms with Crippen molar-refractivity contribution in [3.05, 3.63) is 38.0 Å². The number of carbonyl (C=O) groups excluding carboxylic acids is 1. The zero-order chi connectivity index (χ0) is 10.1. The van der Waals surface area contributed by atoms with Crippen molar-refractivity contribution >= 4 is 6.41 Å². The van der Waals surface area contributed by atoms with Gasteiger partial charge in [-0.1, -0.05) is 18.2 Å². The van der Waals surface area contributed by atoms with Crippen molar-refractivity contribution in [3.8, 4) is 0 Å². The van der Waals surface area contributed by atoms with Crippen molar-refractivity contribution in [3.63, 3.8) is 0 Å².